The topological polar surface area (TPSA) is 55.7 Å². The molecule has 0 aliphatic carbocycles. The van der Waals surface area contributed by atoms with Gasteiger partial charge in [-0.15, -0.1) is 0 Å². The Balaban J connectivity index is 2.38. The third-order valence-electron chi connectivity index (χ3n) is 3.78. The van der Waals surface area contributed by atoms with Gasteiger partial charge in [0.05, 0.1) is 19.3 Å². The van der Waals surface area contributed by atoms with E-state index in [-0.39, 0.29) is 24.7 Å². The summed E-state index contributed by atoms with van der Waals surface area (Å²) in [6.07, 6.45) is 1.24. The predicted molar refractivity (Wildman–Crippen MR) is 65.3 cm³/mol. The van der Waals surface area contributed by atoms with Gasteiger partial charge in [-0.3, -0.25) is 0 Å². The molecule has 1 rings (SSSR count). The first-order valence-electron chi connectivity index (χ1n) is 6.13. The standard InChI is InChI=1S/C12H26N2O2/c1-12(2,9-13-11(7-15)8-16)10-4-5-14(3)6-10/h10-11,13,15-16H,4-9H2,1-3H3. The van der Waals surface area contributed by atoms with Crippen LogP contribution in [0, 0.1) is 11.3 Å². The van der Waals surface area contributed by atoms with Gasteiger partial charge in [0.1, 0.15) is 0 Å². The highest BCUT2D eigenvalue weighted by atomic mass is 16.3. The third kappa shape index (κ3) is 3.70. The van der Waals surface area contributed by atoms with Crippen LogP contribution in [0.25, 0.3) is 0 Å². The fourth-order valence-electron chi connectivity index (χ4n) is 2.31. The summed E-state index contributed by atoms with van der Waals surface area (Å²) in [6, 6.07) is -0.182. The minimum Gasteiger partial charge on any atom is -0.395 e. The lowest BCUT2D eigenvalue weighted by atomic mass is 9.78. The Hall–Kier alpha value is -0.160. The highest BCUT2D eigenvalue weighted by Crippen LogP contribution is 2.33. The molecule has 1 unspecified atom stereocenters. The second kappa shape index (κ2) is 5.96. The lowest BCUT2D eigenvalue weighted by Gasteiger charge is -2.33. The second-order valence-corrected chi connectivity index (χ2v) is 5.68. The van der Waals surface area contributed by atoms with Crippen molar-refractivity contribution < 1.29 is 10.2 Å². The fraction of sp³-hybridized carbons (Fsp3) is 1.00. The summed E-state index contributed by atoms with van der Waals surface area (Å²) < 4.78 is 0. The number of hydrogen-bond donors (Lipinski definition) is 3. The molecule has 4 nitrogen and oxygen atoms in total. The Morgan fingerprint density at radius 3 is 2.44 bits per heavy atom. The SMILES string of the molecule is CN1CCC(C(C)(C)CNC(CO)CO)C1. The maximum Gasteiger partial charge on any atom is 0.0607 e. The summed E-state index contributed by atoms with van der Waals surface area (Å²) in [5.74, 6) is 0.697. The molecule has 0 aromatic carbocycles. The van der Waals surface area contributed by atoms with Crippen LogP contribution in [0.15, 0.2) is 0 Å². The van der Waals surface area contributed by atoms with E-state index >= 15 is 0 Å². The predicted octanol–water partition coefficient (Wildman–Crippen LogP) is -0.0929. The molecule has 16 heavy (non-hydrogen) atoms. The molecule has 1 aliphatic rings. The molecule has 1 fully saturated rings. The lowest BCUT2D eigenvalue weighted by Crippen LogP contribution is -2.44. The maximum absolute atomic E-state index is 9.00. The first-order valence-corrected chi connectivity index (χ1v) is 6.13. The van der Waals surface area contributed by atoms with Gasteiger partial charge in [-0.1, -0.05) is 13.8 Å². The van der Waals surface area contributed by atoms with Gasteiger partial charge in [0, 0.05) is 13.1 Å². The molecule has 96 valence electrons. The molecular formula is C12H26N2O2. The third-order valence-corrected chi connectivity index (χ3v) is 3.78. The minimum absolute atomic E-state index is 0.00283. The number of rotatable bonds is 6. The summed E-state index contributed by atoms with van der Waals surface area (Å²) >= 11 is 0. The number of aliphatic hydroxyl groups is 2. The van der Waals surface area contributed by atoms with E-state index in [0.717, 1.165) is 13.1 Å². The summed E-state index contributed by atoms with van der Waals surface area (Å²) in [7, 11) is 2.16. The second-order valence-electron chi connectivity index (χ2n) is 5.68. The molecule has 0 aromatic heterocycles. The van der Waals surface area contributed by atoms with Gasteiger partial charge >= 0.3 is 0 Å². The molecule has 0 radical (unpaired) electrons. The van der Waals surface area contributed by atoms with Gasteiger partial charge in [0.2, 0.25) is 0 Å². The van der Waals surface area contributed by atoms with Crippen molar-refractivity contribution in [3.63, 3.8) is 0 Å². The van der Waals surface area contributed by atoms with Crippen LogP contribution in [-0.2, 0) is 0 Å². The Bertz CT molecular complexity index is 205. The number of likely N-dealkylation sites (tertiary alicyclic amines) is 1. The average Bonchev–Trinajstić information content (AvgIpc) is 2.67. The van der Waals surface area contributed by atoms with Crippen molar-refractivity contribution in [3.05, 3.63) is 0 Å². The van der Waals surface area contributed by atoms with Crippen molar-refractivity contribution in [2.45, 2.75) is 26.3 Å². The Labute approximate surface area is 98.6 Å². The van der Waals surface area contributed by atoms with Crippen LogP contribution < -0.4 is 5.32 Å². The Kier molecular flexibility index (Phi) is 5.18. The minimum atomic E-state index is -0.182. The van der Waals surface area contributed by atoms with Crippen LogP contribution in [-0.4, -0.2) is 61.1 Å². The summed E-state index contributed by atoms with van der Waals surface area (Å²) in [5, 5.41) is 21.2. The average molecular weight is 230 g/mol. The van der Waals surface area contributed by atoms with Crippen molar-refractivity contribution in [2.24, 2.45) is 11.3 Å². The molecule has 0 aromatic rings. The molecule has 0 saturated carbocycles. The van der Waals surface area contributed by atoms with Gasteiger partial charge in [-0.05, 0) is 31.3 Å². The first-order chi connectivity index (χ1) is 7.49. The van der Waals surface area contributed by atoms with Crippen molar-refractivity contribution in [1.29, 1.82) is 0 Å². The number of nitrogens with zero attached hydrogens (tertiary/aromatic N) is 1. The quantitative estimate of drug-likeness (QED) is 0.597. The van der Waals surface area contributed by atoms with E-state index in [9.17, 15) is 0 Å². The molecule has 1 aliphatic heterocycles. The molecular weight excluding hydrogens is 204 g/mol. The van der Waals surface area contributed by atoms with E-state index in [1.54, 1.807) is 0 Å². The summed E-state index contributed by atoms with van der Waals surface area (Å²) in [4.78, 5) is 2.36. The van der Waals surface area contributed by atoms with Crippen molar-refractivity contribution >= 4 is 0 Å². The van der Waals surface area contributed by atoms with Crippen molar-refractivity contribution in [1.82, 2.24) is 10.2 Å². The molecule has 1 saturated heterocycles. The van der Waals surface area contributed by atoms with Crippen LogP contribution >= 0.6 is 0 Å². The molecule has 4 heteroatoms. The Morgan fingerprint density at radius 1 is 1.38 bits per heavy atom. The van der Waals surface area contributed by atoms with E-state index in [1.807, 2.05) is 0 Å². The van der Waals surface area contributed by atoms with E-state index in [2.05, 4.69) is 31.1 Å². The number of aliphatic hydroxyl groups excluding tert-OH is 2. The van der Waals surface area contributed by atoms with Crippen LogP contribution in [0.3, 0.4) is 0 Å². The molecule has 3 N–H and O–H groups in total. The number of hydrogen-bond acceptors (Lipinski definition) is 4. The van der Waals surface area contributed by atoms with E-state index in [4.69, 9.17) is 10.2 Å². The summed E-state index contributed by atoms with van der Waals surface area (Å²) in [6.45, 7) is 7.69. The van der Waals surface area contributed by atoms with E-state index in [1.165, 1.54) is 13.0 Å². The zero-order valence-electron chi connectivity index (χ0n) is 10.7. The van der Waals surface area contributed by atoms with Gasteiger partial charge in [-0.2, -0.15) is 0 Å². The Morgan fingerprint density at radius 2 is 2.00 bits per heavy atom. The summed E-state index contributed by atoms with van der Waals surface area (Å²) in [5.41, 5.74) is 0.216. The smallest absolute Gasteiger partial charge is 0.0607 e. The van der Waals surface area contributed by atoms with Gasteiger partial charge < -0.3 is 20.4 Å². The van der Waals surface area contributed by atoms with Crippen LogP contribution in [0.5, 0.6) is 0 Å². The molecule has 0 bridgehead atoms. The highest BCUT2D eigenvalue weighted by molar-refractivity contribution is 4.87. The molecule has 1 heterocycles. The lowest BCUT2D eigenvalue weighted by molar-refractivity contribution is 0.142. The molecule has 1 atom stereocenters. The molecule has 0 spiro atoms. The van der Waals surface area contributed by atoms with Crippen molar-refractivity contribution in [3.8, 4) is 0 Å². The highest BCUT2D eigenvalue weighted by Gasteiger charge is 2.33. The number of nitrogens with one attached hydrogen (secondary N) is 1. The first kappa shape index (κ1) is 13.9. The van der Waals surface area contributed by atoms with Crippen LogP contribution in [0.2, 0.25) is 0 Å². The maximum atomic E-state index is 9.00. The monoisotopic (exact) mass is 230 g/mol. The normalized spacial score (nSPS) is 23.2. The van der Waals surface area contributed by atoms with E-state index in [0.29, 0.717) is 5.92 Å². The van der Waals surface area contributed by atoms with Gasteiger partial charge in [0.25, 0.3) is 0 Å². The molecule has 0 amide bonds. The zero-order chi connectivity index (χ0) is 12.2. The van der Waals surface area contributed by atoms with Gasteiger partial charge in [-0.25, -0.2) is 0 Å². The largest absolute Gasteiger partial charge is 0.395 e. The van der Waals surface area contributed by atoms with Crippen LogP contribution in [0.1, 0.15) is 20.3 Å². The fourth-order valence-corrected chi connectivity index (χ4v) is 2.31. The zero-order valence-corrected chi connectivity index (χ0v) is 10.7. The van der Waals surface area contributed by atoms with Crippen LogP contribution in [0.4, 0.5) is 0 Å². The van der Waals surface area contributed by atoms with E-state index < -0.39 is 0 Å². The van der Waals surface area contributed by atoms with Gasteiger partial charge in [0.15, 0.2) is 0 Å². The van der Waals surface area contributed by atoms with Crippen molar-refractivity contribution in [2.75, 3.05) is 39.9 Å².